The van der Waals surface area contributed by atoms with Crippen LogP contribution in [-0.4, -0.2) is 33.5 Å². The molecule has 0 aromatic carbocycles. The first kappa shape index (κ1) is 12.8. The van der Waals surface area contributed by atoms with Crippen molar-refractivity contribution < 1.29 is 9.84 Å². The van der Waals surface area contributed by atoms with Gasteiger partial charge in [-0.15, -0.1) is 0 Å². The Balaban J connectivity index is 2.40. The van der Waals surface area contributed by atoms with Crippen molar-refractivity contribution in [3.8, 4) is 5.75 Å². The van der Waals surface area contributed by atoms with Gasteiger partial charge in [0.2, 0.25) is 0 Å². The van der Waals surface area contributed by atoms with E-state index >= 15 is 0 Å². The summed E-state index contributed by atoms with van der Waals surface area (Å²) in [5.41, 5.74) is 0.0796. The minimum atomic E-state index is -0.844. The lowest BCUT2D eigenvalue weighted by Gasteiger charge is -2.41. The standard InChI is InChI=1S/C12H20N2O2S/c1-11(2)6-12(15,8-17-7-11)10-9(16-4)5-13-14(10)3/h5,15H,6-8H2,1-4H3. The number of methoxy groups -OCH3 is 1. The van der Waals surface area contributed by atoms with E-state index in [1.165, 1.54) is 0 Å². The molecule has 0 bridgehead atoms. The normalized spacial score (nSPS) is 28.1. The van der Waals surface area contributed by atoms with E-state index in [1.54, 1.807) is 29.8 Å². The lowest BCUT2D eigenvalue weighted by Crippen LogP contribution is -2.41. The topological polar surface area (TPSA) is 47.3 Å². The highest BCUT2D eigenvalue weighted by atomic mass is 32.2. The monoisotopic (exact) mass is 256 g/mol. The first-order chi connectivity index (χ1) is 7.88. The van der Waals surface area contributed by atoms with Crippen molar-refractivity contribution in [2.24, 2.45) is 12.5 Å². The predicted octanol–water partition coefficient (Wildman–Crippen LogP) is 1.78. The number of rotatable bonds is 2. The zero-order chi connectivity index (χ0) is 12.7. The molecule has 1 atom stereocenters. The molecule has 1 aromatic rings. The summed E-state index contributed by atoms with van der Waals surface area (Å²) in [6, 6.07) is 0. The Morgan fingerprint density at radius 3 is 2.76 bits per heavy atom. The number of nitrogens with zero attached hydrogens (tertiary/aromatic N) is 2. The molecular formula is C12H20N2O2S. The van der Waals surface area contributed by atoms with E-state index < -0.39 is 5.60 Å². The molecule has 0 aliphatic carbocycles. The molecule has 1 unspecified atom stereocenters. The van der Waals surface area contributed by atoms with Gasteiger partial charge in [0.1, 0.15) is 11.3 Å². The first-order valence-electron chi connectivity index (χ1n) is 5.75. The molecule has 1 aromatic heterocycles. The van der Waals surface area contributed by atoms with Gasteiger partial charge in [0.15, 0.2) is 5.75 Å². The maximum absolute atomic E-state index is 10.9. The summed E-state index contributed by atoms with van der Waals surface area (Å²) in [5.74, 6) is 2.45. The van der Waals surface area contributed by atoms with Gasteiger partial charge in [-0.25, -0.2) is 0 Å². The number of aliphatic hydroxyl groups is 1. The summed E-state index contributed by atoms with van der Waals surface area (Å²) in [5, 5.41) is 15.1. The quantitative estimate of drug-likeness (QED) is 0.876. The molecule has 1 saturated heterocycles. The zero-order valence-corrected chi connectivity index (χ0v) is 11.7. The van der Waals surface area contributed by atoms with Crippen LogP contribution in [0.1, 0.15) is 26.0 Å². The summed E-state index contributed by atoms with van der Waals surface area (Å²) in [6.07, 6.45) is 2.41. The summed E-state index contributed by atoms with van der Waals surface area (Å²) in [7, 11) is 3.47. The number of hydrogen-bond donors (Lipinski definition) is 1. The second-order valence-corrected chi connectivity index (χ2v) is 6.54. The number of aryl methyl sites for hydroxylation is 1. The van der Waals surface area contributed by atoms with Crippen molar-refractivity contribution >= 4 is 11.8 Å². The van der Waals surface area contributed by atoms with Gasteiger partial charge >= 0.3 is 0 Å². The average molecular weight is 256 g/mol. The van der Waals surface area contributed by atoms with Crippen molar-refractivity contribution in [3.05, 3.63) is 11.9 Å². The average Bonchev–Trinajstić information content (AvgIpc) is 2.58. The van der Waals surface area contributed by atoms with E-state index in [0.29, 0.717) is 11.5 Å². The van der Waals surface area contributed by atoms with Crippen LogP contribution in [0.2, 0.25) is 0 Å². The largest absolute Gasteiger partial charge is 0.493 e. The SMILES string of the molecule is COc1cnn(C)c1C1(O)CSCC(C)(C)C1. The van der Waals surface area contributed by atoms with Crippen LogP contribution in [0.4, 0.5) is 0 Å². The molecule has 0 amide bonds. The lowest BCUT2D eigenvalue weighted by atomic mass is 9.80. The minimum absolute atomic E-state index is 0.132. The molecule has 0 spiro atoms. The van der Waals surface area contributed by atoms with Crippen LogP contribution < -0.4 is 4.74 Å². The zero-order valence-electron chi connectivity index (χ0n) is 10.9. The highest BCUT2D eigenvalue weighted by Gasteiger charge is 2.43. The maximum Gasteiger partial charge on any atom is 0.162 e. The van der Waals surface area contributed by atoms with E-state index in [2.05, 4.69) is 18.9 Å². The Hall–Kier alpha value is -0.680. The van der Waals surface area contributed by atoms with Gasteiger partial charge in [-0.3, -0.25) is 4.68 Å². The Kier molecular flexibility index (Phi) is 3.16. The Labute approximate surface area is 106 Å². The van der Waals surface area contributed by atoms with Crippen molar-refractivity contribution in [1.29, 1.82) is 0 Å². The van der Waals surface area contributed by atoms with Crippen molar-refractivity contribution in [3.63, 3.8) is 0 Å². The van der Waals surface area contributed by atoms with Crippen LogP contribution in [0, 0.1) is 5.41 Å². The summed E-state index contributed by atoms with van der Waals surface area (Å²) >= 11 is 1.79. The van der Waals surface area contributed by atoms with Crippen LogP contribution in [0.5, 0.6) is 5.75 Å². The first-order valence-corrected chi connectivity index (χ1v) is 6.90. The molecule has 1 fully saturated rings. The Bertz CT molecular complexity index is 417. The summed E-state index contributed by atoms with van der Waals surface area (Å²) in [4.78, 5) is 0. The fraction of sp³-hybridized carbons (Fsp3) is 0.750. The van der Waals surface area contributed by atoms with Crippen molar-refractivity contribution in [1.82, 2.24) is 9.78 Å². The van der Waals surface area contributed by atoms with Crippen LogP contribution in [0.15, 0.2) is 6.20 Å². The summed E-state index contributed by atoms with van der Waals surface area (Å²) in [6.45, 7) is 4.37. The van der Waals surface area contributed by atoms with Crippen LogP contribution >= 0.6 is 11.8 Å². The molecule has 1 N–H and O–H groups in total. The van der Waals surface area contributed by atoms with Gasteiger partial charge in [-0.2, -0.15) is 16.9 Å². The molecule has 5 heteroatoms. The van der Waals surface area contributed by atoms with Gasteiger partial charge in [-0.1, -0.05) is 13.8 Å². The van der Waals surface area contributed by atoms with Crippen LogP contribution in [0.25, 0.3) is 0 Å². The molecular weight excluding hydrogens is 236 g/mol. The molecule has 17 heavy (non-hydrogen) atoms. The molecule has 4 nitrogen and oxygen atoms in total. The molecule has 2 rings (SSSR count). The third-order valence-corrected chi connectivity index (χ3v) is 4.84. The van der Waals surface area contributed by atoms with E-state index in [9.17, 15) is 5.11 Å². The number of aromatic nitrogens is 2. The van der Waals surface area contributed by atoms with Gasteiger partial charge < -0.3 is 9.84 Å². The van der Waals surface area contributed by atoms with Gasteiger partial charge in [0.05, 0.1) is 13.3 Å². The van der Waals surface area contributed by atoms with Crippen molar-refractivity contribution in [2.45, 2.75) is 25.9 Å². The third kappa shape index (κ3) is 2.31. The fourth-order valence-corrected chi connectivity index (χ4v) is 3.97. The number of hydrogen-bond acceptors (Lipinski definition) is 4. The molecule has 0 radical (unpaired) electrons. The highest BCUT2D eigenvalue weighted by molar-refractivity contribution is 7.99. The highest BCUT2D eigenvalue weighted by Crippen LogP contribution is 2.46. The molecule has 1 aliphatic rings. The third-order valence-electron chi connectivity index (χ3n) is 3.17. The summed E-state index contributed by atoms with van der Waals surface area (Å²) < 4.78 is 7.02. The second-order valence-electron chi connectivity index (χ2n) is 5.55. The molecule has 0 saturated carbocycles. The van der Waals surface area contributed by atoms with Gasteiger partial charge in [0.25, 0.3) is 0 Å². The minimum Gasteiger partial charge on any atom is -0.493 e. The molecule has 96 valence electrons. The van der Waals surface area contributed by atoms with Crippen LogP contribution in [-0.2, 0) is 12.6 Å². The predicted molar refractivity (Wildman–Crippen MR) is 69.4 cm³/mol. The molecule has 2 heterocycles. The fourth-order valence-electron chi connectivity index (χ4n) is 2.64. The van der Waals surface area contributed by atoms with E-state index in [0.717, 1.165) is 17.9 Å². The van der Waals surface area contributed by atoms with Crippen LogP contribution in [0.3, 0.4) is 0 Å². The van der Waals surface area contributed by atoms with E-state index in [1.807, 2.05) is 7.05 Å². The van der Waals surface area contributed by atoms with Gasteiger partial charge in [0, 0.05) is 12.8 Å². The number of thioether (sulfide) groups is 1. The number of ether oxygens (including phenoxy) is 1. The van der Waals surface area contributed by atoms with Crippen molar-refractivity contribution in [2.75, 3.05) is 18.6 Å². The maximum atomic E-state index is 10.9. The molecule has 1 aliphatic heterocycles. The Morgan fingerprint density at radius 1 is 1.47 bits per heavy atom. The smallest absolute Gasteiger partial charge is 0.162 e. The lowest BCUT2D eigenvalue weighted by molar-refractivity contribution is 0.00648. The van der Waals surface area contributed by atoms with E-state index in [-0.39, 0.29) is 5.41 Å². The second kappa shape index (κ2) is 4.21. The Morgan fingerprint density at radius 2 is 2.18 bits per heavy atom. The van der Waals surface area contributed by atoms with E-state index in [4.69, 9.17) is 4.74 Å². The van der Waals surface area contributed by atoms with Gasteiger partial charge in [-0.05, 0) is 17.6 Å².